The van der Waals surface area contributed by atoms with Gasteiger partial charge >= 0.3 is 10.1 Å². The molecule has 0 aliphatic heterocycles. The summed E-state index contributed by atoms with van der Waals surface area (Å²) in [6, 6.07) is 6.84. The van der Waals surface area contributed by atoms with Gasteiger partial charge < -0.3 is 13.8 Å². The standard InChI is InChI=1S/C16H23NO5S/c1-3-23(19,20)22-15-6-4-5-13(11-15)12-17(9-10-21-2)16(18)14-7-8-14/h4-6,11,14H,3,7-10,12H2,1-2H3. The molecule has 2 rings (SSSR count). The van der Waals surface area contributed by atoms with Crippen LogP contribution in [0, 0.1) is 5.92 Å². The van der Waals surface area contributed by atoms with Crippen LogP contribution in [-0.4, -0.2) is 45.2 Å². The number of benzene rings is 1. The first-order chi connectivity index (χ1) is 10.9. The number of rotatable bonds is 9. The Bertz CT molecular complexity index is 640. The third-order valence-corrected chi connectivity index (χ3v) is 4.81. The Hall–Kier alpha value is -1.60. The van der Waals surface area contributed by atoms with Crippen molar-refractivity contribution >= 4 is 16.0 Å². The van der Waals surface area contributed by atoms with Crippen LogP contribution >= 0.6 is 0 Å². The lowest BCUT2D eigenvalue weighted by atomic mass is 10.2. The Morgan fingerprint density at radius 1 is 1.35 bits per heavy atom. The maximum Gasteiger partial charge on any atom is 0.308 e. The van der Waals surface area contributed by atoms with Crippen molar-refractivity contribution in [3.63, 3.8) is 0 Å². The maximum absolute atomic E-state index is 12.3. The minimum Gasteiger partial charge on any atom is -0.383 e. The van der Waals surface area contributed by atoms with Crippen LogP contribution in [0.4, 0.5) is 0 Å². The third-order valence-electron chi connectivity index (χ3n) is 3.65. The highest BCUT2D eigenvalue weighted by molar-refractivity contribution is 7.87. The molecule has 1 fully saturated rings. The molecule has 0 aromatic heterocycles. The normalized spacial score (nSPS) is 14.5. The zero-order chi connectivity index (χ0) is 16.9. The molecule has 0 saturated heterocycles. The van der Waals surface area contributed by atoms with Crippen LogP contribution in [0.1, 0.15) is 25.3 Å². The summed E-state index contributed by atoms with van der Waals surface area (Å²) in [6.07, 6.45) is 1.89. The topological polar surface area (TPSA) is 72.9 Å². The second-order valence-corrected chi connectivity index (χ2v) is 7.46. The summed E-state index contributed by atoms with van der Waals surface area (Å²) in [5.74, 6) is 0.452. The molecule has 23 heavy (non-hydrogen) atoms. The number of carbonyl (C=O) groups excluding carboxylic acids is 1. The van der Waals surface area contributed by atoms with Crippen LogP contribution in [0.3, 0.4) is 0 Å². The number of ether oxygens (including phenoxy) is 1. The van der Waals surface area contributed by atoms with Crippen molar-refractivity contribution in [2.45, 2.75) is 26.3 Å². The quantitative estimate of drug-likeness (QED) is 0.641. The van der Waals surface area contributed by atoms with Crippen molar-refractivity contribution in [2.75, 3.05) is 26.0 Å². The van der Waals surface area contributed by atoms with Gasteiger partial charge in [-0.05, 0) is 37.5 Å². The molecule has 1 amide bonds. The van der Waals surface area contributed by atoms with Gasteiger partial charge in [0.2, 0.25) is 5.91 Å². The SMILES string of the molecule is CCS(=O)(=O)Oc1cccc(CN(CCOC)C(=O)C2CC2)c1. The summed E-state index contributed by atoms with van der Waals surface area (Å²) in [5.41, 5.74) is 0.832. The Balaban J connectivity index is 2.08. The first-order valence-electron chi connectivity index (χ1n) is 7.74. The molecule has 0 unspecified atom stereocenters. The molecule has 0 N–H and O–H groups in total. The smallest absolute Gasteiger partial charge is 0.308 e. The van der Waals surface area contributed by atoms with Crippen LogP contribution in [0.2, 0.25) is 0 Å². The minimum atomic E-state index is -3.55. The number of hydrogen-bond acceptors (Lipinski definition) is 5. The summed E-state index contributed by atoms with van der Waals surface area (Å²) >= 11 is 0. The van der Waals surface area contributed by atoms with Gasteiger partial charge in [0.1, 0.15) is 5.75 Å². The van der Waals surface area contributed by atoms with E-state index >= 15 is 0 Å². The molecule has 1 aliphatic rings. The fourth-order valence-corrected chi connectivity index (χ4v) is 2.69. The number of nitrogens with zero attached hydrogens (tertiary/aromatic N) is 1. The summed E-state index contributed by atoms with van der Waals surface area (Å²) in [5, 5.41) is 0. The zero-order valence-corrected chi connectivity index (χ0v) is 14.3. The van der Waals surface area contributed by atoms with E-state index in [1.165, 1.54) is 6.92 Å². The van der Waals surface area contributed by atoms with E-state index in [0.29, 0.717) is 19.7 Å². The van der Waals surface area contributed by atoms with E-state index in [1.54, 1.807) is 30.2 Å². The Morgan fingerprint density at radius 3 is 2.70 bits per heavy atom. The molecular weight excluding hydrogens is 318 g/mol. The van der Waals surface area contributed by atoms with Gasteiger partial charge in [0.05, 0.1) is 12.4 Å². The summed E-state index contributed by atoms with van der Waals surface area (Å²) in [7, 11) is -1.95. The molecule has 7 heteroatoms. The zero-order valence-electron chi connectivity index (χ0n) is 13.5. The van der Waals surface area contributed by atoms with E-state index in [9.17, 15) is 13.2 Å². The lowest BCUT2D eigenvalue weighted by Gasteiger charge is -2.22. The molecule has 0 atom stereocenters. The highest BCUT2D eigenvalue weighted by atomic mass is 32.2. The molecule has 0 heterocycles. The van der Waals surface area contributed by atoms with Gasteiger partial charge in [0.25, 0.3) is 0 Å². The van der Waals surface area contributed by atoms with Gasteiger partial charge in [-0.2, -0.15) is 8.42 Å². The van der Waals surface area contributed by atoms with Crippen molar-refractivity contribution in [1.82, 2.24) is 4.90 Å². The van der Waals surface area contributed by atoms with Crippen molar-refractivity contribution in [3.8, 4) is 5.75 Å². The Kier molecular flexibility index (Phi) is 6.01. The number of methoxy groups -OCH3 is 1. The van der Waals surface area contributed by atoms with Gasteiger partial charge in [-0.3, -0.25) is 4.79 Å². The van der Waals surface area contributed by atoms with E-state index in [0.717, 1.165) is 18.4 Å². The third kappa shape index (κ3) is 5.51. The largest absolute Gasteiger partial charge is 0.383 e. The monoisotopic (exact) mass is 341 g/mol. The molecule has 1 aromatic rings. The highest BCUT2D eigenvalue weighted by Crippen LogP contribution is 2.31. The van der Waals surface area contributed by atoms with Gasteiger partial charge in [0, 0.05) is 26.1 Å². The van der Waals surface area contributed by atoms with Crippen molar-refractivity contribution in [1.29, 1.82) is 0 Å². The highest BCUT2D eigenvalue weighted by Gasteiger charge is 2.33. The van der Waals surface area contributed by atoms with Crippen LogP contribution in [-0.2, 0) is 26.2 Å². The molecule has 1 aromatic carbocycles. The molecular formula is C16H23NO5S. The molecule has 0 radical (unpaired) electrons. The first kappa shape index (κ1) is 17.7. The van der Waals surface area contributed by atoms with Crippen LogP contribution < -0.4 is 4.18 Å². The number of carbonyl (C=O) groups is 1. The van der Waals surface area contributed by atoms with E-state index in [1.807, 2.05) is 6.07 Å². The maximum atomic E-state index is 12.3. The van der Waals surface area contributed by atoms with E-state index < -0.39 is 10.1 Å². The second kappa shape index (κ2) is 7.79. The average Bonchev–Trinajstić information content (AvgIpc) is 3.35. The lowest BCUT2D eigenvalue weighted by Crippen LogP contribution is -2.34. The predicted molar refractivity (Wildman–Crippen MR) is 86.5 cm³/mol. The molecule has 0 bridgehead atoms. The number of amides is 1. The van der Waals surface area contributed by atoms with E-state index in [4.69, 9.17) is 8.92 Å². The average molecular weight is 341 g/mol. The number of hydrogen-bond donors (Lipinski definition) is 0. The second-order valence-electron chi connectivity index (χ2n) is 5.60. The van der Waals surface area contributed by atoms with Crippen LogP contribution in [0.5, 0.6) is 5.75 Å². The Morgan fingerprint density at radius 2 is 2.09 bits per heavy atom. The minimum absolute atomic E-state index is 0.0860. The summed E-state index contributed by atoms with van der Waals surface area (Å²) < 4.78 is 33.2. The molecule has 6 nitrogen and oxygen atoms in total. The molecule has 0 spiro atoms. The van der Waals surface area contributed by atoms with Gasteiger partial charge in [-0.1, -0.05) is 12.1 Å². The van der Waals surface area contributed by atoms with Crippen molar-refractivity contribution in [2.24, 2.45) is 5.92 Å². The van der Waals surface area contributed by atoms with Crippen LogP contribution in [0.15, 0.2) is 24.3 Å². The fraction of sp³-hybridized carbons (Fsp3) is 0.562. The van der Waals surface area contributed by atoms with Crippen molar-refractivity contribution < 1.29 is 22.1 Å². The fourth-order valence-electron chi connectivity index (χ4n) is 2.18. The van der Waals surface area contributed by atoms with Crippen molar-refractivity contribution in [3.05, 3.63) is 29.8 Å². The molecule has 1 saturated carbocycles. The molecule has 1 aliphatic carbocycles. The molecule has 128 valence electrons. The van der Waals surface area contributed by atoms with E-state index in [2.05, 4.69) is 0 Å². The summed E-state index contributed by atoms with van der Waals surface area (Å²) in [6.45, 7) is 2.94. The lowest BCUT2D eigenvalue weighted by molar-refractivity contribution is -0.133. The Labute approximate surface area is 137 Å². The van der Waals surface area contributed by atoms with Crippen LogP contribution in [0.25, 0.3) is 0 Å². The summed E-state index contributed by atoms with van der Waals surface area (Å²) in [4.78, 5) is 14.1. The van der Waals surface area contributed by atoms with Gasteiger partial charge in [-0.25, -0.2) is 0 Å². The van der Waals surface area contributed by atoms with E-state index in [-0.39, 0.29) is 23.3 Å². The van der Waals surface area contributed by atoms with Gasteiger partial charge in [0.15, 0.2) is 0 Å². The first-order valence-corrected chi connectivity index (χ1v) is 9.31. The van der Waals surface area contributed by atoms with Gasteiger partial charge in [-0.15, -0.1) is 0 Å². The predicted octanol–water partition coefficient (Wildman–Crippen LogP) is 1.80.